The summed E-state index contributed by atoms with van der Waals surface area (Å²) in [7, 11) is 0. The van der Waals surface area contributed by atoms with Crippen LogP contribution in [0.15, 0.2) is 24.3 Å². The third-order valence-corrected chi connectivity index (χ3v) is 6.51. The van der Waals surface area contributed by atoms with Gasteiger partial charge in [-0.05, 0) is 37.5 Å². The van der Waals surface area contributed by atoms with Gasteiger partial charge in [0, 0.05) is 65.0 Å². The van der Waals surface area contributed by atoms with E-state index in [0.717, 1.165) is 13.1 Å². The highest BCUT2D eigenvalue weighted by molar-refractivity contribution is 6.08. The van der Waals surface area contributed by atoms with E-state index >= 15 is 0 Å². The van der Waals surface area contributed by atoms with Gasteiger partial charge in [0.15, 0.2) is 0 Å². The molecule has 4 rings (SSSR count). The molecule has 0 spiro atoms. The van der Waals surface area contributed by atoms with Gasteiger partial charge in [0.25, 0.3) is 0 Å². The molecule has 0 aromatic heterocycles. The molecule has 7 heteroatoms. The number of carbonyl (C=O) groups is 3. The van der Waals surface area contributed by atoms with Gasteiger partial charge in [0.05, 0.1) is 0 Å². The smallest absolute Gasteiger partial charge is 0.238 e. The number of piperazine rings is 2. The normalized spacial score (nSPS) is 21.2. The molecule has 1 aliphatic carbocycles. The SMILES string of the molecule is CC(=O)N1CCN(C(=O)C2(C(=O)N3CCN(c4cccc(C)c4)CC3)CC2)CC1. The first kappa shape index (κ1) is 19.7. The topological polar surface area (TPSA) is 64.2 Å². The predicted octanol–water partition coefficient (Wildman–Crippen LogP) is 1.11. The fourth-order valence-electron chi connectivity index (χ4n) is 4.47. The van der Waals surface area contributed by atoms with E-state index in [2.05, 4.69) is 36.1 Å². The average Bonchev–Trinajstić information content (AvgIpc) is 3.55. The van der Waals surface area contributed by atoms with E-state index in [0.29, 0.717) is 52.1 Å². The third-order valence-electron chi connectivity index (χ3n) is 6.51. The van der Waals surface area contributed by atoms with Crippen molar-refractivity contribution in [3.8, 4) is 0 Å². The van der Waals surface area contributed by atoms with Gasteiger partial charge in [-0.15, -0.1) is 0 Å². The molecule has 3 aliphatic rings. The van der Waals surface area contributed by atoms with Gasteiger partial charge in [-0.2, -0.15) is 0 Å². The third kappa shape index (κ3) is 3.82. The molecule has 2 heterocycles. The molecule has 0 bridgehead atoms. The van der Waals surface area contributed by atoms with Crippen LogP contribution in [0.1, 0.15) is 25.3 Å². The Labute approximate surface area is 172 Å². The Hall–Kier alpha value is -2.57. The van der Waals surface area contributed by atoms with Crippen LogP contribution in [-0.4, -0.2) is 84.8 Å². The lowest BCUT2D eigenvalue weighted by Crippen LogP contribution is -2.56. The van der Waals surface area contributed by atoms with Gasteiger partial charge in [0.1, 0.15) is 5.41 Å². The molecule has 0 atom stereocenters. The van der Waals surface area contributed by atoms with Crippen LogP contribution in [0.5, 0.6) is 0 Å². The summed E-state index contributed by atoms with van der Waals surface area (Å²) in [6.07, 6.45) is 1.30. The minimum atomic E-state index is -0.843. The van der Waals surface area contributed by atoms with E-state index in [1.807, 2.05) is 4.90 Å². The summed E-state index contributed by atoms with van der Waals surface area (Å²) >= 11 is 0. The number of rotatable bonds is 3. The van der Waals surface area contributed by atoms with Gasteiger partial charge in [-0.25, -0.2) is 0 Å². The molecule has 156 valence electrons. The Morgan fingerprint density at radius 2 is 1.31 bits per heavy atom. The maximum Gasteiger partial charge on any atom is 0.238 e. The number of anilines is 1. The Morgan fingerprint density at radius 3 is 1.79 bits per heavy atom. The fourth-order valence-corrected chi connectivity index (χ4v) is 4.47. The van der Waals surface area contributed by atoms with Crippen LogP contribution in [0, 0.1) is 12.3 Å². The average molecular weight is 399 g/mol. The molecule has 0 radical (unpaired) electrons. The van der Waals surface area contributed by atoms with Crippen LogP contribution >= 0.6 is 0 Å². The van der Waals surface area contributed by atoms with E-state index in [4.69, 9.17) is 0 Å². The van der Waals surface area contributed by atoms with Crippen molar-refractivity contribution in [3.63, 3.8) is 0 Å². The molecular weight excluding hydrogens is 368 g/mol. The molecule has 2 saturated heterocycles. The molecule has 7 nitrogen and oxygen atoms in total. The van der Waals surface area contributed by atoms with Crippen molar-refractivity contribution < 1.29 is 14.4 Å². The van der Waals surface area contributed by atoms with E-state index < -0.39 is 5.41 Å². The number of hydrogen-bond donors (Lipinski definition) is 0. The number of amides is 3. The van der Waals surface area contributed by atoms with Crippen LogP contribution in [0.4, 0.5) is 5.69 Å². The van der Waals surface area contributed by atoms with Crippen molar-refractivity contribution in [1.29, 1.82) is 0 Å². The molecule has 3 amide bonds. The maximum absolute atomic E-state index is 13.2. The minimum absolute atomic E-state index is 0.000361. The zero-order valence-electron chi connectivity index (χ0n) is 17.4. The van der Waals surface area contributed by atoms with Gasteiger partial charge < -0.3 is 19.6 Å². The monoisotopic (exact) mass is 398 g/mol. The van der Waals surface area contributed by atoms with Crippen molar-refractivity contribution in [1.82, 2.24) is 14.7 Å². The molecule has 0 N–H and O–H groups in total. The van der Waals surface area contributed by atoms with Gasteiger partial charge >= 0.3 is 0 Å². The van der Waals surface area contributed by atoms with Crippen molar-refractivity contribution in [2.45, 2.75) is 26.7 Å². The first-order valence-corrected chi connectivity index (χ1v) is 10.6. The van der Waals surface area contributed by atoms with Crippen molar-refractivity contribution >= 4 is 23.4 Å². The number of nitrogens with zero attached hydrogens (tertiary/aromatic N) is 4. The second kappa shape index (κ2) is 7.69. The van der Waals surface area contributed by atoms with Crippen LogP contribution < -0.4 is 4.90 Å². The lowest BCUT2D eigenvalue weighted by Gasteiger charge is -2.39. The second-order valence-corrected chi connectivity index (χ2v) is 8.50. The predicted molar refractivity (Wildman–Crippen MR) is 110 cm³/mol. The number of benzene rings is 1. The van der Waals surface area contributed by atoms with Gasteiger partial charge in [-0.3, -0.25) is 14.4 Å². The van der Waals surface area contributed by atoms with E-state index in [1.54, 1.807) is 16.7 Å². The standard InChI is InChI=1S/C22H30N4O3/c1-17-4-3-5-19(16-17)24-10-14-26(15-11-24)21(29)22(6-7-22)20(28)25-12-8-23(9-13-25)18(2)27/h3-5,16H,6-15H2,1-2H3. The number of carbonyl (C=O) groups excluding carboxylic acids is 3. The molecular formula is C22H30N4O3. The van der Waals surface area contributed by atoms with Gasteiger partial charge in [-0.1, -0.05) is 12.1 Å². The molecule has 3 fully saturated rings. The van der Waals surface area contributed by atoms with E-state index in [1.165, 1.54) is 11.3 Å². The Morgan fingerprint density at radius 1 is 0.793 bits per heavy atom. The highest BCUT2D eigenvalue weighted by atomic mass is 16.2. The van der Waals surface area contributed by atoms with Crippen molar-refractivity contribution in [2.24, 2.45) is 5.41 Å². The molecule has 2 aliphatic heterocycles. The highest BCUT2D eigenvalue weighted by Crippen LogP contribution is 2.49. The number of aryl methyl sites for hydroxylation is 1. The van der Waals surface area contributed by atoms with Crippen LogP contribution in [-0.2, 0) is 14.4 Å². The lowest BCUT2D eigenvalue weighted by atomic mass is 10.0. The summed E-state index contributed by atoms with van der Waals surface area (Å²) in [5.74, 6) is 0.00740. The summed E-state index contributed by atoms with van der Waals surface area (Å²) in [5.41, 5.74) is 1.58. The molecule has 1 aromatic rings. The zero-order valence-corrected chi connectivity index (χ0v) is 17.4. The van der Waals surface area contributed by atoms with Crippen LogP contribution in [0.3, 0.4) is 0 Å². The molecule has 0 unspecified atom stereocenters. The Balaban J connectivity index is 1.35. The molecule has 1 saturated carbocycles. The summed E-state index contributed by atoms with van der Waals surface area (Å²) < 4.78 is 0. The fraction of sp³-hybridized carbons (Fsp3) is 0.591. The first-order valence-electron chi connectivity index (χ1n) is 10.6. The van der Waals surface area contributed by atoms with E-state index in [9.17, 15) is 14.4 Å². The number of hydrogen-bond acceptors (Lipinski definition) is 4. The highest BCUT2D eigenvalue weighted by Gasteiger charge is 2.59. The van der Waals surface area contributed by atoms with Crippen LogP contribution in [0.2, 0.25) is 0 Å². The summed E-state index contributed by atoms with van der Waals surface area (Å²) in [6, 6.07) is 8.43. The first-order chi connectivity index (χ1) is 13.9. The summed E-state index contributed by atoms with van der Waals surface area (Å²) in [4.78, 5) is 45.6. The van der Waals surface area contributed by atoms with Crippen molar-refractivity contribution in [2.75, 3.05) is 57.3 Å². The van der Waals surface area contributed by atoms with Crippen molar-refractivity contribution in [3.05, 3.63) is 29.8 Å². The zero-order chi connectivity index (χ0) is 20.6. The quantitative estimate of drug-likeness (QED) is 0.716. The summed E-state index contributed by atoms with van der Waals surface area (Å²) in [5, 5.41) is 0. The van der Waals surface area contributed by atoms with E-state index in [-0.39, 0.29) is 17.7 Å². The molecule has 1 aromatic carbocycles. The summed E-state index contributed by atoms with van der Waals surface area (Å²) in [6.45, 7) is 8.68. The van der Waals surface area contributed by atoms with Gasteiger partial charge in [0.2, 0.25) is 17.7 Å². The minimum Gasteiger partial charge on any atom is -0.368 e. The maximum atomic E-state index is 13.2. The Kier molecular flexibility index (Phi) is 5.23. The largest absolute Gasteiger partial charge is 0.368 e. The molecule has 29 heavy (non-hydrogen) atoms. The second-order valence-electron chi connectivity index (χ2n) is 8.50. The Bertz CT molecular complexity index is 804. The lowest BCUT2D eigenvalue weighted by molar-refractivity contribution is -0.152. The van der Waals surface area contributed by atoms with Crippen LogP contribution in [0.25, 0.3) is 0 Å².